The number of rotatable bonds is 5. The van der Waals surface area contributed by atoms with E-state index >= 15 is 0 Å². The predicted octanol–water partition coefficient (Wildman–Crippen LogP) is 1.54. The van der Waals surface area contributed by atoms with Gasteiger partial charge >= 0.3 is 0 Å². The van der Waals surface area contributed by atoms with Crippen molar-refractivity contribution in [3.8, 4) is 0 Å². The molecule has 4 rings (SSSR count). The summed E-state index contributed by atoms with van der Waals surface area (Å²) in [5.41, 5.74) is 1.62. The molecule has 0 radical (unpaired) electrons. The number of aromatic nitrogens is 3. The van der Waals surface area contributed by atoms with E-state index in [2.05, 4.69) is 10.4 Å². The van der Waals surface area contributed by atoms with Gasteiger partial charge in [-0.25, -0.2) is 4.68 Å². The van der Waals surface area contributed by atoms with Gasteiger partial charge in [0.05, 0.1) is 31.1 Å². The van der Waals surface area contributed by atoms with E-state index in [4.69, 9.17) is 8.83 Å². The van der Waals surface area contributed by atoms with Crippen molar-refractivity contribution < 1.29 is 13.6 Å². The van der Waals surface area contributed by atoms with Gasteiger partial charge in [-0.2, -0.15) is 5.10 Å². The molecule has 1 amide bonds. The zero-order chi connectivity index (χ0) is 16.5. The average Bonchev–Trinajstić information content (AvgIpc) is 3.29. The highest BCUT2D eigenvalue weighted by atomic mass is 16.3. The fraction of sp³-hybridized carbons (Fsp3) is 0.188. The van der Waals surface area contributed by atoms with Crippen LogP contribution in [0.2, 0.25) is 0 Å². The molecule has 4 aromatic heterocycles. The molecule has 4 heterocycles. The third-order valence-electron chi connectivity index (χ3n) is 3.81. The van der Waals surface area contributed by atoms with E-state index in [1.54, 1.807) is 47.5 Å². The quantitative estimate of drug-likeness (QED) is 0.600. The molecule has 0 atom stereocenters. The van der Waals surface area contributed by atoms with Crippen LogP contribution in [0, 0.1) is 0 Å². The molecule has 0 aliphatic carbocycles. The van der Waals surface area contributed by atoms with Crippen LogP contribution < -0.4 is 10.9 Å². The SMILES string of the molecule is O=C(CCn1ncn2c(cc3occc32)c1=O)NCc1ccco1. The molecule has 0 bridgehead atoms. The summed E-state index contributed by atoms with van der Waals surface area (Å²) in [6, 6.07) is 6.99. The van der Waals surface area contributed by atoms with Crippen molar-refractivity contribution >= 4 is 22.5 Å². The number of nitrogens with zero attached hydrogens (tertiary/aromatic N) is 3. The van der Waals surface area contributed by atoms with Crippen molar-refractivity contribution in [2.45, 2.75) is 19.5 Å². The maximum Gasteiger partial charge on any atom is 0.291 e. The lowest BCUT2D eigenvalue weighted by Gasteiger charge is -2.06. The highest BCUT2D eigenvalue weighted by Crippen LogP contribution is 2.18. The number of hydrogen-bond donors (Lipinski definition) is 1. The lowest BCUT2D eigenvalue weighted by molar-refractivity contribution is -0.121. The molecule has 1 N–H and O–H groups in total. The second kappa shape index (κ2) is 5.73. The molecule has 8 heteroatoms. The third kappa shape index (κ3) is 2.47. The number of amides is 1. The summed E-state index contributed by atoms with van der Waals surface area (Å²) >= 11 is 0. The summed E-state index contributed by atoms with van der Waals surface area (Å²) in [4.78, 5) is 24.3. The van der Waals surface area contributed by atoms with Crippen LogP contribution in [0.3, 0.4) is 0 Å². The Morgan fingerprint density at radius 2 is 2.12 bits per heavy atom. The summed E-state index contributed by atoms with van der Waals surface area (Å²) < 4.78 is 13.4. The molecule has 8 nitrogen and oxygen atoms in total. The molecule has 4 aromatic rings. The molecule has 0 spiro atoms. The molecule has 0 aliphatic rings. The van der Waals surface area contributed by atoms with E-state index in [9.17, 15) is 9.59 Å². The molecule has 122 valence electrons. The molecular weight excluding hydrogens is 312 g/mol. The van der Waals surface area contributed by atoms with Gasteiger partial charge in [0.15, 0.2) is 5.58 Å². The van der Waals surface area contributed by atoms with E-state index < -0.39 is 0 Å². The monoisotopic (exact) mass is 326 g/mol. The molecule has 0 unspecified atom stereocenters. The Labute approximate surface area is 135 Å². The highest BCUT2D eigenvalue weighted by molar-refractivity contribution is 5.81. The second-order valence-electron chi connectivity index (χ2n) is 5.33. The largest absolute Gasteiger partial charge is 0.467 e. The number of hydrogen-bond acceptors (Lipinski definition) is 5. The first-order chi connectivity index (χ1) is 11.7. The second-order valence-corrected chi connectivity index (χ2v) is 5.33. The van der Waals surface area contributed by atoms with Crippen LogP contribution in [0.5, 0.6) is 0 Å². The van der Waals surface area contributed by atoms with Crippen LogP contribution in [0.15, 0.2) is 56.7 Å². The first-order valence-electron chi connectivity index (χ1n) is 7.46. The van der Waals surface area contributed by atoms with Gasteiger partial charge < -0.3 is 14.2 Å². The summed E-state index contributed by atoms with van der Waals surface area (Å²) in [7, 11) is 0. The van der Waals surface area contributed by atoms with E-state index in [1.807, 2.05) is 0 Å². The number of furan rings is 2. The first kappa shape index (κ1) is 14.3. The van der Waals surface area contributed by atoms with Gasteiger partial charge in [-0.1, -0.05) is 0 Å². The van der Waals surface area contributed by atoms with Gasteiger partial charge in [-0.3, -0.25) is 14.0 Å². The van der Waals surface area contributed by atoms with E-state index in [1.165, 1.54) is 4.68 Å². The highest BCUT2D eigenvalue weighted by Gasteiger charge is 2.11. The zero-order valence-corrected chi connectivity index (χ0v) is 12.6. The summed E-state index contributed by atoms with van der Waals surface area (Å²) in [5.74, 6) is 0.500. The molecule has 0 saturated heterocycles. The minimum Gasteiger partial charge on any atom is -0.467 e. The maximum absolute atomic E-state index is 12.4. The lowest BCUT2D eigenvalue weighted by Crippen LogP contribution is -2.29. The molecular formula is C16H14N4O4. The van der Waals surface area contributed by atoms with Gasteiger partial charge in [0.1, 0.15) is 17.6 Å². The van der Waals surface area contributed by atoms with Crippen LogP contribution in [0.25, 0.3) is 16.6 Å². The van der Waals surface area contributed by atoms with Crippen LogP contribution in [0.4, 0.5) is 0 Å². The van der Waals surface area contributed by atoms with Gasteiger partial charge in [-0.15, -0.1) is 0 Å². The lowest BCUT2D eigenvalue weighted by atomic mass is 10.3. The Kier molecular flexibility index (Phi) is 3.42. The van der Waals surface area contributed by atoms with Crippen molar-refractivity contribution in [2.75, 3.05) is 0 Å². The molecule has 0 aromatic carbocycles. The topological polar surface area (TPSA) is 94.7 Å². The Morgan fingerprint density at radius 1 is 1.21 bits per heavy atom. The van der Waals surface area contributed by atoms with Crippen LogP contribution in [0.1, 0.15) is 12.2 Å². The minimum absolute atomic E-state index is 0.153. The zero-order valence-electron chi connectivity index (χ0n) is 12.6. The van der Waals surface area contributed by atoms with Crippen LogP contribution in [-0.2, 0) is 17.9 Å². The van der Waals surface area contributed by atoms with Crippen molar-refractivity contribution in [1.29, 1.82) is 0 Å². The van der Waals surface area contributed by atoms with E-state index in [-0.39, 0.29) is 24.4 Å². The van der Waals surface area contributed by atoms with Crippen molar-refractivity contribution in [1.82, 2.24) is 19.5 Å². The number of carbonyl (C=O) groups excluding carboxylic acids is 1. The van der Waals surface area contributed by atoms with Gasteiger partial charge in [-0.05, 0) is 12.1 Å². The van der Waals surface area contributed by atoms with Gasteiger partial charge in [0.2, 0.25) is 5.91 Å². The number of aryl methyl sites for hydroxylation is 1. The number of nitrogens with one attached hydrogen (secondary N) is 1. The number of fused-ring (bicyclic) bond motifs is 3. The van der Waals surface area contributed by atoms with E-state index in [0.717, 1.165) is 5.52 Å². The summed E-state index contributed by atoms with van der Waals surface area (Å²) in [6.45, 7) is 0.522. The maximum atomic E-state index is 12.4. The van der Waals surface area contributed by atoms with Gasteiger partial charge in [0, 0.05) is 18.6 Å². The van der Waals surface area contributed by atoms with Crippen molar-refractivity contribution in [3.05, 3.63) is 59.2 Å². The smallest absolute Gasteiger partial charge is 0.291 e. The minimum atomic E-state index is -0.261. The molecule has 0 aliphatic heterocycles. The molecule has 0 saturated carbocycles. The first-order valence-corrected chi connectivity index (χ1v) is 7.46. The fourth-order valence-electron chi connectivity index (χ4n) is 2.59. The Morgan fingerprint density at radius 3 is 2.96 bits per heavy atom. The van der Waals surface area contributed by atoms with Crippen molar-refractivity contribution in [2.24, 2.45) is 0 Å². The van der Waals surface area contributed by atoms with Crippen LogP contribution in [-0.4, -0.2) is 20.1 Å². The van der Waals surface area contributed by atoms with Crippen LogP contribution >= 0.6 is 0 Å². The summed E-state index contributed by atoms with van der Waals surface area (Å²) in [5, 5.41) is 6.85. The third-order valence-corrected chi connectivity index (χ3v) is 3.81. The van der Waals surface area contributed by atoms with Gasteiger partial charge in [0.25, 0.3) is 5.56 Å². The predicted molar refractivity (Wildman–Crippen MR) is 84.4 cm³/mol. The summed E-state index contributed by atoms with van der Waals surface area (Å²) in [6.07, 6.45) is 4.82. The average molecular weight is 326 g/mol. The Bertz CT molecular complexity index is 1060. The van der Waals surface area contributed by atoms with Crippen molar-refractivity contribution in [3.63, 3.8) is 0 Å². The molecule has 24 heavy (non-hydrogen) atoms. The standard InChI is InChI=1S/C16H14N4O4/c21-15(17-9-11-2-1-6-23-11)3-5-20-16(22)13-8-14-12(4-7-24-14)19(13)10-18-20/h1-2,4,6-8,10H,3,5,9H2,(H,17,21). The normalized spacial score (nSPS) is 11.3. The van der Waals surface area contributed by atoms with E-state index in [0.29, 0.717) is 23.4 Å². The number of carbonyl (C=O) groups is 1. The Balaban J connectivity index is 1.47. The molecule has 0 fully saturated rings. The Hall–Kier alpha value is -3.29. The fourth-order valence-corrected chi connectivity index (χ4v) is 2.59.